The maximum atomic E-state index is 12.6. The molecule has 2 rings (SSSR count). The number of rotatable bonds is 3. The molecular formula is C14H22N2O2S. The van der Waals surface area contributed by atoms with Crippen LogP contribution in [0.25, 0.3) is 0 Å². The first-order chi connectivity index (χ1) is 8.95. The summed E-state index contributed by atoms with van der Waals surface area (Å²) >= 11 is 0. The van der Waals surface area contributed by atoms with Gasteiger partial charge in [-0.2, -0.15) is 4.31 Å². The molecule has 1 heterocycles. The van der Waals surface area contributed by atoms with Gasteiger partial charge < -0.3 is 5.73 Å². The Labute approximate surface area is 115 Å². The van der Waals surface area contributed by atoms with Crippen molar-refractivity contribution < 1.29 is 8.42 Å². The van der Waals surface area contributed by atoms with Crippen LogP contribution in [0, 0.1) is 12.8 Å². The van der Waals surface area contributed by atoms with Gasteiger partial charge in [0.1, 0.15) is 0 Å². The highest BCUT2D eigenvalue weighted by Crippen LogP contribution is 2.25. The third-order valence-corrected chi connectivity index (χ3v) is 5.89. The standard InChI is InChI=1S/C14H22N2O2S/c1-11-5-7-16(8-6-11)19(17,18)14-4-3-13(10-15)9-12(14)2/h3-4,9,11H,5-8,10,15H2,1-2H3. The quantitative estimate of drug-likeness (QED) is 0.920. The Kier molecular flexibility index (Phi) is 4.28. The molecule has 0 saturated carbocycles. The summed E-state index contributed by atoms with van der Waals surface area (Å²) in [6.45, 7) is 5.69. The average molecular weight is 282 g/mol. The first kappa shape index (κ1) is 14.5. The summed E-state index contributed by atoms with van der Waals surface area (Å²) in [6, 6.07) is 5.34. The molecule has 1 aromatic rings. The highest BCUT2D eigenvalue weighted by molar-refractivity contribution is 7.89. The van der Waals surface area contributed by atoms with E-state index in [0.717, 1.165) is 24.0 Å². The predicted molar refractivity (Wildman–Crippen MR) is 76.2 cm³/mol. The van der Waals surface area contributed by atoms with Gasteiger partial charge in [0.15, 0.2) is 0 Å². The van der Waals surface area contributed by atoms with Crippen molar-refractivity contribution in [3.8, 4) is 0 Å². The Morgan fingerprint density at radius 2 is 1.95 bits per heavy atom. The van der Waals surface area contributed by atoms with E-state index in [4.69, 9.17) is 5.73 Å². The molecule has 0 unspecified atom stereocenters. The van der Waals surface area contributed by atoms with Crippen LogP contribution in [0.1, 0.15) is 30.9 Å². The zero-order chi connectivity index (χ0) is 14.0. The van der Waals surface area contributed by atoms with E-state index in [0.29, 0.717) is 30.4 Å². The molecule has 1 aliphatic rings. The van der Waals surface area contributed by atoms with Crippen LogP contribution in [0.4, 0.5) is 0 Å². The minimum Gasteiger partial charge on any atom is -0.326 e. The first-order valence-electron chi connectivity index (χ1n) is 6.75. The van der Waals surface area contributed by atoms with Crippen molar-refractivity contribution >= 4 is 10.0 Å². The molecule has 1 aromatic carbocycles. The molecule has 1 fully saturated rings. The van der Waals surface area contributed by atoms with Gasteiger partial charge in [-0.05, 0) is 42.9 Å². The number of sulfonamides is 1. The van der Waals surface area contributed by atoms with Crippen LogP contribution >= 0.6 is 0 Å². The van der Waals surface area contributed by atoms with Gasteiger partial charge in [-0.25, -0.2) is 8.42 Å². The molecule has 106 valence electrons. The van der Waals surface area contributed by atoms with Crippen molar-refractivity contribution in [1.29, 1.82) is 0 Å². The maximum absolute atomic E-state index is 12.6. The monoisotopic (exact) mass is 282 g/mol. The zero-order valence-electron chi connectivity index (χ0n) is 11.6. The smallest absolute Gasteiger partial charge is 0.243 e. The lowest BCUT2D eigenvalue weighted by Gasteiger charge is -2.29. The largest absolute Gasteiger partial charge is 0.326 e. The molecule has 0 amide bonds. The van der Waals surface area contributed by atoms with Gasteiger partial charge in [-0.1, -0.05) is 19.1 Å². The summed E-state index contributed by atoms with van der Waals surface area (Å²) in [6.07, 6.45) is 1.89. The van der Waals surface area contributed by atoms with Crippen LogP contribution in [0.2, 0.25) is 0 Å². The molecule has 0 bridgehead atoms. The first-order valence-corrected chi connectivity index (χ1v) is 8.19. The van der Waals surface area contributed by atoms with E-state index in [1.165, 1.54) is 0 Å². The molecule has 5 heteroatoms. The number of hydrogen-bond donors (Lipinski definition) is 1. The van der Waals surface area contributed by atoms with Crippen molar-refractivity contribution in [2.75, 3.05) is 13.1 Å². The molecule has 0 atom stereocenters. The fraction of sp³-hybridized carbons (Fsp3) is 0.571. The molecule has 0 spiro atoms. The molecule has 19 heavy (non-hydrogen) atoms. The lowest BCUT2D eigenvalue weighted by molar-refractivity contribution is 0.288. The second kappa shape index (κ2) is 5.61. The van der Waals surface area contributed by atoms with Crippen molar-refractivity contribution in [3.63, 3.8) is 0 Å². The van der Waals surface area contributed by atoms with E-state index in [9.17, 15) is 8.42 Å². The minimum absolute atomic E-state index is 0.416. The lowest BCUT2D eigenvalue weighted by atomic mass is 10.0. The summed E-state index contributed by atoms with van der Waals surface area (Å²) in [5.74, 6) is 0.618. The summed E-state index contributed by atoms with van der Waals surface area (Å²) in [5.41, 5.74) is 7.32. The number of benzene rings is 1. The third-order valence-electron chi connectivity index (χ3n) is 3.84. The fourth-order valence-corrected chi connectivity index (χ4v) is 4.17. The van der Waals surface area contributed by atoms with Gasteiger partial charge in [0.25, 0.3) is 0 Å². The normalized spacial score (nSPS) is 18.7. The van der Waals surface area contributed by atoms with Crippen LogP contribution in [0.3, 0.4) is 0 Å². The Morgan fingerprint density at radius 3 is 2.47 bits per heavy atom. The molecule has 2 N–H and O–H groups in total. The molecular weight excluding hydrogens is 260 g/mol. The van der Waals surface area contributed by atoms with Gasteiger partial charge in [0.05, 0.1) is 4.90 Å². The summed E-state index contributed by atoms with van der Waals surface area (Å²) in [7, 11) is -3.35. The SMILES string of the molecule is Cc1cc(CN)ccc1S(=O)(=O)N1CCC(C)CC1. The Morgan fingerprint density at radius 1 is 1.32 bits per heavy atom. The molecule has 1 saturated heterocycles. The van der Waals surface area contributed by atoms with Crippen molar-refractivity contribution in [1.82, 2.24) is 4.31 Å². The molecule has 0 radical (unpaired) electrons. The zero-order valence-corrected chi connectivity index (χ0v) is 12.4. The number of aryl methyl sites for hydroxylation is 1. The lowest BCUT2D eigenvalue weighted by Crippen LogP contribution is -2.38. The number of piperidine rings is 1. The maximum Gasteiger partial charge on any atom is 0.243 e. The second-order valence-corrected chi connectivity index (χ2v) is 7.30. The van der Waals surface area contributed by atoms with E-state index in [1.807, 2.05) is 13.0 Å². The van der Waals surface area contributed by atoms with Gasteiger partial charge in [-0.3, -0.25) is 0 Å². The Bertz CT molecular complexity index is 547. The molecule has 0 aliphatic carbocycles. The van der Waals surface area contributed by atoms with Gasteiger partial charge in [0, 0.05) is 19.6 Å². The number of nitrogens with zero attached hydrogens (tertiary/aromatic N) is 1. The van der Waals surface area contributed by atoms with E-state index < -0.39 is 10.0 Å². The Hall–Kier alpha value is -0.910. The minimum atomic E-state index is -3.35. The van der Waals surface area contributed by atoms with Crippen LogP contribution < -0.4 is 5.73 Å². The van der Waals surface area contributed by atoms with E-state index in [1.54, 1.807) is 16.4 Å². The van der Waals surface area contributed by atoms with Crippen LogP contribution in [0.5, 0.6) is 0 Å². The van der Waals surface area contributed by atoms with Crippen molar-refractivity contribution in [2.24, 2.45) is 11.7 Å². The fourth-order valence-electron chi connectivity index (χ4n) is 2.49. The Balaban J connectivity index is 2.29. The molecule has 1 aliphatic heterocycles. The topological polar surface area (TPSA) is 63.4 Å². The van der Waals surface area contributed by atoms with E-state index in [-0.39, 0.29) is 0 Å². The highest BCUT2D eigenvalue weighted by atomic mass is 32.2. The van der Waals surface area contributed by atoms with E-state index in [2.05, 4.69) is 6.92 Å². The molecule has 0 aromatic heterocycles. The summed E-state index contributed by atoms with van der Waals surface area (Å²) in [4.78, 5) is 0.416. The average Bonchev–Trinajstić information content (AvgIpc) is 2.38. The van der Waals surface area contributed by atoms with Crippen LogP contribution in [0.15, 0.2) is 23.1 Å². The van der Waals surface area contributed by atoms with E-state index >= 15 is 0 Å². The van der Waals surface area contributed by atoms with Gasteiger partial charge in [-0.15, -0.1) is 0 Å². The summed E-state index contributed by atoms with van der Waals surface area (Å²) < 4.78 is 26.8. The second-order valence-electron chi connectivity index (χ2n) is 5.39. The van der Waals surface area contributed by atoms with Crippen molar-refractivity contribution in [3.05, 3.63) is 29.3 Å². The predicted octanol–water partition coefficient (Wildman–Crippen LogP) is 1.87. The summed E-state index contributed by atoms with van der Waals surface area (Å²) in [5, 5.41) is 0. The number of hydrogen-bond acceptors (Lipinski definition) is 3. The highest BCUT2D eigenvalue weighted by Gasteiger charge is 2.29. The van der Waals surface area contributed by atoms with Crippen LogP contribution in [-0.4, -0.2) is 25.8 Å². The van der Waals surface area contributed by atoms with Crippen molar-refractivity contribution in [2.45, 2.75) is 38.1 Å². The third kappa shape index (κ3) is 2.99. The number of nitrogens with two attached hydrogens (primary N) is 1. The van der Waals surface area contributed by atoms with Crippen LogP contribution in [-0.2, 0) is 16.6 Å². The molecule has 4 nitrogen and oxygen atoms in total. The van der Waals surface area contributed by atoms with Gasteiger partial charge in [0.2, 0.25) is 10.0 Å². The van der Waals surface area contributed by atoms with Gasteiger partial charge >= 0.3 is 0 Å².